The largest absolute Gasteiger partial charge is 0.461 e. The van der Waals surface area contributed by atoms with Crippen LogP contribution < -0.4 is 5.32 Å². The van der Waals surface area contributed by atoms with Crippen LogP contribution in [0, 0.1) is 29.1 Å². The lowest BCUT2D eigenvalue weighted by molar-refractivity contribution is -0.145. The van der Waals surface area contributed by atoms with E-state index >= 15 is 0 Å². The van der Waals surface area contributed by atoms with Crippen molar-refractivity contribution in [1.29, 1.82) is 0 Å². The van der Waals surface area contributed by atoms with Gasteiger partial charge in [0.15, 0.2) is 0 Å². The van der Waals surface area contributed by atoms with E-state index in [2.05, 4.69) is 46.0 Å². The maximum absolute atomic E-state index is 12.6. The molecular formula is C23H39NO2. The number of hydrogen-bond donors (Lipinski definition) is 1. The lowest BCUT2D eigenvalue weighted by Crippen LogP contribution is -2.41. The van der Waals surface area contributed by atoms with Gasteiger partial charge in [-0.1, -0.05) is 58.6 Å². The Hall–Kier alpha value is -0.830. The van der Waals surface area contributed by atoms with Crippen molar-refractivity contribution in [2.45, 2.75) is 91.7 Å². The molecule has 0 aromatic rings. The van der Waals surface area contributed by atoms with Crippen LogP contribution in [-0.4, -0.2) is 24.7 Å². The summed E-state index contributed by atoms with van der Waals surface area (Å²) in [4.78, 5) is 12.6. The highest BCUT2D eigenvalue weighted by atomic mass is 16.6. The zero-order valence-corrected chi connectivity index (χ0v) is 17.5. The maximum Gasteiger partial charge on any atom is 0.311 e. The van der Waals surface area contributed by atoms with Crippen molar-refractivity contribution in [3.63, 3.8) is 0 Å². The fraction of sp³-hybridized carbons (Fsp3) is 0.870. The van der Waals surface area contributed by atoms with Crippen molar-refractivity contribution in [1.82, 2.24) is 5.32 Å². The molecule has 0 spiro atoms. The van der Waals surface area contributed by atoms with Gasteiger partial charge < -0.3 is 10.1 Å². The predicted molar refractivity (Wildman–Crippen MR) is 107 cm³/mol. The van der Waals surface area contributed by atoms with Crippen molar-refractivity contribution in [2.24, 2.45) is 29.1 Å². The molecule has 0 aromatic carbocycles. The number of carbonyl (C=O) groups is 1. The number of esters is 1. The van der Waals surface area contributed by atoms with Crippen molar-refractivity contribution in [3.8, 4) is 0 Å². The Bertz CT molecular complexity index is 540. The molecule has 3 rings (SSSR count). The average molecular weight is 362 g/mol. The molecule has 3 aliphatic rings. The Morgan fingerprint density at radius 3 is 2.81 bits per heavy atom. The highest BCUT2D eigenvalue weighted by molar-refractivity contribution is 5.76. The highest BCUT2D eigenvalue weighted by Crippen LogP contribution is 2.53. The van der Waals surface area contributed by atoms with Crippen molar-refractivity contribution < 1.29 is 9.53 Å². The highest BCUT2D eigenvalue weighted by Gasteiger charge is 2.51. The van der Waals surface area contributed by atoms with Crippen molar-refractivity contribution in [2.75, 3.05) is 6.54 Å². The summed E-state index contributed by atoms with van der Waals surface area (Å²) in [7, 11) is 0. The van der Waals surface area contributed by atoms with Crippen LogP contribution in [0.15, 0.2) is 11.6 Å². The molecule has 3 heteroatoms. The van der Waals surface area contributed by atoms with E-state index in [9.17, 15) is 4.79 Å². The molecule has 2 fully saturated rings. The zero-order valence-electron chi connectivity index (χ0n) is 17.5. The first-order valence-corrected chi connectivity index (χ1v) is 11.0. The summed E-state index contributed by atoms with van der Waals surface area (Å²) in [6, 6.07) is 0.468. The standard InChI is InChI=1S/C23H39NO2/c1-15(2)8-6-10-17(4)24-14-19-18-12-20-16(3)9-7-11-23(20,5)13-21(18)26-22(19)25/h12,15-19,21,24H,6-11,13-14H2,1-5H3/t16-,17-,18+,19-,21+,23+/m0/s1. The first-order valence-electron chi connectivity index (χ1n) is 11.0. The lowest BCUT2D eigenvalue weighted by Gasteiger charge is -2.46. The third kappa shape index (κ3) is 4.18. The number of carbonyl (C=O) groups excluding carboxylic acids is 1. The van der Waals surface area contributed by atoms with Crippen LogP contribution in [0.5, 0.6) is 0 Å². The molecule has 3 nitrogen and oxygen atoms in total. The monoisotopic (exact) mass is 361 g/mol. The van der Waals surface area contributed by atoms with Crippen LogP contribution in [-0.2, 0) is 9.53 Å². The minimum atomic E-state index is -0.00118. The summed E-state index contributed by atoms with van der Waals surface area (Å²) in [6.07, 6.45) is 11.2. The van der Waals surface area contributed by atoms with Gasteiger partial charge in [-0.25, -0.2) is 0 Å². The van der Waals surface area contributed by atoms with Gasteiger partial charge in [0, 0.05) is 18.5 Å². The van der Waals surface area contributed by atoms with Crippen LogP contribution in [0.1, 0.15) is 79.6 Å². The van der Waals surface area contributed by atoms with Gasteiger partial charge >= 0.3 is 5.97 Å². The van der Waals surface area contributed by atoms with Gasteiger partial charge in [-0.2, -0.15) is 0 Å². The summed E-state index contributed by atoms with van der Waals surface area (Å²) in [5.74, 6) is 1.73. The normalized spacial score (nSPS) is 37.8. The SMILES string of the molecule is CC(C)CCC[C@H](C)NC[C@@H]1C(=O)O[C@@H]2C[C@@]3(C)CCC[C@H](C)C3=C[C@H]12. The topological polar surface area (TPSA) is 38.3 Å². The minimum absolute atomic E-state index is 0.00118. The van der Waals surface area contributed by atoms with Gasteiger partial charge in [-0.15, -0.1) is 0 Å². The molecule has 0 bridgehead atoms. The summed E-state index contributed by atoms with van der Waals surface area (Å²) >= 11 is 0. The molecule has 1 saturated carbocycles. The zero-order chi connectivity index (χ0) is 18.9. The second kappa shape index (κ2) is 8.04. The van der Waals surface area contributed by atoms with E-state index < -0.39 is 0 Å². The number of allylic oxidation sites excluding steroid dienone is 1. The van der Waals surface area contributed by atoms with Gasteiger partial charge in [0.2, 0.25) is 0 Å². The smallest absolute Gasteiger partial charge is 0.311 e. The van der Waals surface area contributed by atoms with Gasteiger partial charge in [0.1, 0.15) is 6.10 Å². The first-order chi connectivity index (χ1) is 12.3. The van der Waals surface area contributed by atoms with Gasteiger partial charge in [-0.05, 0) is 49.9 Å². The molecule has 1 saturated heterocycles. The molecular weight excluding hydrogens is 322 g/mol. The number of hydrogen-bond acceptors (Lipinski definition) is 3. The number of nitrogens with one attached hydrogen (secondary N) is 1. The number of fused-ring (bicyclic) bond motifs is 2. The molecule has 0 aromatic heterocycles. The Morgan fingerprint density at radius 2 is 2.08 bits per heavy atom. The molecule has 1 heterocycles. The average Bonchev–Trinajstić information content (AvgIpc) is 2.84. The molecule has 1 aliphatic heterocycles. The van der Waals surface area contributed by atoms with Crippen molar-refractivity contribution in [3.05, 3.63) is 11.6 Å². The quantitative estimate of drug-likeness (QED) is 0.506. The van der Waals surface area contributed by atoms with E-state index in [-0.39, 0.29) is 29.3 Å². The summed E-state index contributed by atoms with van der Waals surface area (Å²) in [5.41, 5.74) is 1.87. The molecule has 0 unspecified atom stereocenters. The summed E-state index contributed by atoms with van der Waals surface area (Å²) in [5, 5.41) is 3.62. The fourth-order valence-corrected chi connectivity index (χ4v) is 5.54. The second-order valence-corrected chi connectivity index (χ2v) is 9.97. The third-order valence-electron chi connectivity index (χ3n) is 7.19. The Kier molecular flexibility index (Phi) is 6.16. The Morgan fingerprint density at radius 1 is 1.31 bits per heavy atom. The van der Waals surface area contributed by atoms with Crippen LogP contribution >= 0.6 is 0 Å². The lowest BCUT2D eigenvalue weighted by atomic mass is 9.59. The summed E-state index contributed by atoms with van der Waals surface area (Å²) < 4.78 is 5.85. The predicted octanol–water partition coefficient (Wildman–Crippen LogP) is 5.11. The van der Waals surface area contributed by atoms with Crippen LogP contribution in [0.4, 0.5) is 0 Å². The van der Waals surface area contributed by atoms with Crippen molar-refractivity contribution >= 4 is 5.97 Å². The Balaban J connectivity index is 1.61. The molecule has 1 N–H and O–H groups in total. The third-order valence-corrected chi connectivity index (χ3v) is 7.19. The van der Waals surface area contributed by atoms with E-state index in [1.54, 1.807) is 5.57 Å². The van der Waals surface area contributed by atoms with E-state index in [0.717, 1.165) is 18.9 Å². The Labute approximate surface area is 160 Å². The van der Waals surface area contributed by atoms with Crippen LogP contribution in [0.25, 0.3) is 0 Å². The molecule has 2 aliphatic carbocycles. The molecule has 6 atom stereocenters. The fourth-order valence-electron chi connectivity index (χ4n) is 5.54. The van der Waals surface area contributed by atoms with Crippen LogP contribution in [0.2, 0.25) is 0 Å². The van der Waals surface area contributed by atoms with Crippen LogP contribution in [0.3, 0.4) is 0 Å². The van der Waals surface area contributed by atoms with E-state index in [0.29, 0.717) is 12.0 Å². The molecule has 26 heavy (non-hydrogen) atoms. The second-order valence-electron chi connectivity index (χ2n) is 9.97. The summed E-state index contributed by atoms with van der Waals surface area (Å²) in [6.45, 7) is 12.3. The van der Waals surface area contributed by atoms with Gasteiger partial charge in [0.25, 0.3) is 0 Å². The maximum atomic E-state index is 12.6. The van der Waals surface area contributed by atoms with E-state index in [1.807, 2.05) is 0 Å². The molecule has 0 radical (unpaired) electrons. The van der Waals surface area contributed by atoms with Gasteiger partial charge in [0.05, 0.1) is 5.92 Å². The molecule has 0 amide bonds. The first kappa shape index (κ1) is 19.9. The number of ether oxygens (including phenoxy) is 1. The minimum Gasteiger partial charge on any atom is -0.461 e. The number of rotatable bonds is 7. The van der Waals surface area contributed by atoms with E-state index in [4.69, 9.17) is 4.74 Å². The van der Waals surface area contributed by atoms with Gasteiger partial charge in [-0.3, -0.25) is 4.79 Å². The van der Waals surface area contributed by atoms with E-state index in [1.165, 1.54) is 38.5 Å². The molecule has 148 valence electrons.